The van der Waals surface area contributed by atoms with Gasteiger partial charge in [0.1, 0.15) is 17.3 Å². The first-order valence-corrected chi connectivity index (χ1v) is 9.76. The van der Waals surface area contributed by atoms with E-state index in [4.69, 9.17) is 13.9 Å². The van der Waals surface area contributed by atoms with Crippen LogP contribution < -0.4 is 9.47 Å². The molecule has 164 valence electrons. The molecule has 32 heavy (non-hydrogen) atoms. The van der Waals surface area contributed by atoms with Crippen molar-refractivity contribution < 1.29 is 33.7 Å². The third kappa shape index (κ3) is 3.66. The van der Waals surface area contributed by atoms with Gasteiger partial charge >= 0.3 is 0 Å². The van der Waals surface area contributed by atoms with E-state index in [1.807, 2.05) is 0 Å². The van der Waals surface area contributed by atoms with Gasteiger partial charge in [-0.05, 0) is 54.1 Å². The lowest BCUT2D eigenvalue weighted by Crippen LogP contribution is -2.29. The lowest BCUT2D eigenvalue weighted by molar-refractivity contribution is -0.140. The Balaban J connectivity index is 1.87. The summed E-state index contributed by atoms with van der Waals surface area (Å²) in [6.07, 6.45) is 1.47. The Bertz CT molecular complexity index is 1180. The molecule has 2 heterocycles. The highest BCUT2D eigenvalue weighted by Crippen LogP contribution is 2.42. The van der Waals surface area contributed by atoms with E-state index in [0.29, 0.717) is 22.6 Å². The molecule has 0 spiro atoms. The molecule has 1 aliphatic rings. The maximum absolute atomic E-state index is 13.0. The van der Waals surface area contributed by atoms with E-state index in [0.717, 1.165) is 0 Å². The minimum absolute atomic E-state index is 0.0187. The van der Waals surface area contributed by atoms with Crippen molar-refractivity contribution in [2.24, 2.45) is 0 Å². The van der Waals surface area contributed by atoms with Crippen molar-refractivity contribution in [2.75, 3.05) is 14.2 Å². The Kier molecular flexibility index (Phi) is 5.59. The molecule has 1 atom stereocenters. The molecule has 0 bridgehead atoms. The third-order valence-corrected chi connectivity index (χ3v) is 5.33. The summed E-state index contributed by atoms with van der Waals surface area (Å²) in [5, 5.41) is 21.1. The average molecular weight is 435 g/mol. The van der Waals surface area contributed by atoms with Gasteiger partial charge in [-0.2, -0.15) is 0 Å². The molecule has 0 aliphatic carbocycles. The Hall–Kier alpha value is -4.20. The zero-order valence-electron chi connectivity index (χ0n) is 17.4. The minimum Gasteiger partial charge on any atom is -0.507 e. The topological polar surface area (TPSA) is 109 Å². The molecule has 1 fully saturated rings. The van der Waals surface area contributed by atoms with Gasteiger partial charge in [-0.15, -0.1) is 0 Å². The number of methoxy groups -OCH3 is 2. The number of phenolic OH excluding ortho intramolecular Hbond substituents is 1. The summed E-state index contributed by atoms with van der Waals surface area (Å²) >= 11 is 0. The molecule has 0 saturated carbocycles. The summed E-state index contributed by atoms with van der Waals surface area (Å²) in [6, 6.07) is 13.5. The second kappa shape index (κ2) is 8.50. The summed E-state index contributed by atoms with van der Waals surface area (Å²) in [6.45, 7) is 0.0187. The van der Waals surface area contributed by atoms with Crippen LogP contribution in [0.4, 0.5) is 0 Å². The summed E-state index contributed by atoms with van der Waals surface area (Å²) in [5.41, 5.74) is 0.775. The second-order valence-electron chi connectivity index (χ2n) is 7.17. The van der Waals surface area contributed by atoms with Crippen LogP contribution in [0.15, 0.2) is 70.9 Å². The van der Waals surface area contributed by atoms with Crippen LogP contribution in [0.1, 0.15) is 22.9 Å². The first-order valence-electron chi connectivity index (χ1n) is 9.76. The fourth-order valence-corrected chi connectivity index (χ4v) is 3.73. The standard InChI is InChI=1S/C24H21NO7/c1-30-16-8-5-14(6-9-16)22(27)20-21(15-7-10-18(26)19(12-15)31-2)25(24(29)23(20)28)13-17-4-3-11-32-17/h3-12,21,26-27H,13H2,1-2H3/b22-20+. The number of benzene rings is 2. The third-order valence-electron chi connectivity index (χ3n) is 5.33. The van der Waals surface area contributed by atoms with E-state index in [1.165, 1.54) is 37.5 Å². The van der Waals surface area contributed by atoms with Crippen LogP contribution in [0.3, 0.4) is 0 Å². The molecule has 2 aromatic carbocycles. The van der Waals surface area contributed by atoms with E-state index in [2.05, 4.69) is 0 Å². The number of hydrogen-bond acceptors (Lipinski definition) is 7. The number of carbonyl (C=O) groups excluding carboxylic acids is 2. The molecular weight excluding hydrogens is 414 g/mol. The van der Waals surface area contributed by atoms with Gasteiger partial charge in [-0.3, -0.25) is 9.59 Å². The molecule has 2 N–H and O–H groups in total. The van der Waals surface area contributed by atoms with Crippen molar-refractivity contribution in [2.45, 2.75) is 12.6 Å². The van der Waals surface area contributed by atoms with Gasteiger partial charge in [0, 0.05) is 5.56 Å². The Labute approximate surface area is 183 Å². The van der Waals surface area contributed by atoms with Gasteiger partial charge in [-0.25, -0.2) is 0 Å². The van der Waals surface area contributed by atoms with Crippen molar-refractivity contribution in [3.63, 3.8) is 0 Å². The zero-order valence-corrected chi connectivity index (χ0v) is 17.4. The predicted octanol–water partition coefficient (Wildman–Crippen LogP) is 3.62. The van der Waals surface area contributed by atoms with Crippen LogP contribution in [0.25, 0.3) is 5.76 Å². The number of nitrogens with zero attached hydrogens (tertiary/aromatic N) is 1. The molecule has 8 heteroatoms. The number of aromatic hydroxyl groups is 1. The molecule has 1 amide bonds. The molecule has 0 radical (unpaired) electrons. The van der Waals surface area contributed by atoms with Gasteiger partial charge in [0.2, 0.25) is 0 Å². The van der Waals surface area contributed by atoms with E-state index in [-0.39, 0.29) is 29.4 Å². The highest BCUT2D eigenvalue weighted by molar-refractivity contribution is 6.46. The minimum atomic E-state index is -0.920. The summed E-state index contributed by atoms with van der Waals surface area (Å²) in [4.78, 5) is 27.3. The van der Waals surface area contributed by atoms with E-state index >= 15 is 0 Å². The monoisotopic (exact) mass is 435 g/mol. The molecule has 1 aromatic heterocycles. The van der Waals surface area contributed by atoms with Crippen molar-refractivity contribution in [1.82, 2.24) is 4.90 Å². The Morgan fingerprint density at radius 2 is 1.81 bits per heavy atom. The summed E-state index contributed by atoms with van der Waals surface area (Å²) < 4.78 is 15.7. The number of aliphatic hydroxyl groups is 1. The largest absolute Gasteiger partial charge is 0.507 e. The molecule has 1 saturated heterocycles. The van der Waals surface area contributed by atoms with Gasteiger partial charge in [0.05, 0.1) is 38.6 Å². The normalized spacial score (nSPS) is 17.6. The maximum atomic E-state index is 13.0. The smallest absolute Gasteiger partial charge is 0.296 e. The molecule has 8 nitrogen and oxygen atoms in total. The van der Waals surface area contributed by atoms with E-state index in [9.17, 15) is 19.8 Å². The molecule has 3 aromatic rings. The van der Waals surface area contributed by atoms with Gasteiger partial charge in [0.15, 0.2) is 11.5 Å². The highest BCUT2D eigenvalue weighted by Gasteiger charge is 2.46. The van der Waals surface area contributed by atoms with Gasteiger partial charge in [-0.1, -0.05) is 6.07 Å². The van der Waals surface area contributed by atoms with Gasteiger partial charge < -0.3 is 29.0 Å². The number of phenols is 1. The number of carbonyl (C=O) groups is 2. The second-order valence-corrected chi connectivity index (χ2v) is 7.17. The van der Waals surface area contributed by atoms with Crippen molar-refractivity contribution in [1.29, 1.82) is 0 Å². The summed E-state index contributed by atoms with van der Waals surface area (Å²) in [5.74, 6) is -0.753. The number of amides is 1. The van der Waals surface area contributed by atoms with E-state index < -0.39 is 17.7 Å². The molecular formula is C24H21NO7. The fraction of sp³-hybridized carbons (Fsp3) is 0.167. The van der Waals surface area contributed by atoms with Gasteiger partial charge in [0.25, 0.3) is 11.7 Å². The fourth-order valence-electron chi connectivity index (χ4n) is 3.73. The van der Waals surface area contributed by atoms with Crippen molar-refractivity contribution >= 4 is 17.4 Å². The molecule has 4 rings (SSSR count). The number of likely N-dealkylation sites (tertiary alicyclic amines) is 1. The highest BCUT2D eigenvalue weighted by atomic mass is 16.5. The average Bonchev–Trinajstić information content (AvgIpc) is 3.41. The van der Waals surface area contributed by atoms with Crippen molar-refractivity contribution in [3.05, 3.63) is 83.3 Å². The lowest BCUT2D eigenvalue weighted by atomic mass is 9.95. The SMILES string of the molecule is COc1ccc(/C(O)=C2\C(=O)C(=O)N(Cc3ccco3)C2c2ccc(O)c(OC)c2)cc1. The Morgan fingerprint density at radius 1 is 1.06 bits per heavy atom. The van der Waals surface area contributed by atoms with Crippen LogP contribution in [0.2, 0.25) is 0 Å². The van der Waals surface area contributed by atoms with Crippen LogP contribution in [-0.4, -0.2) is 41.0 Å². The quantitative estimate of drug-likeness (QED) is 0.346. The number of ether oxygens (including phenoxy) is 2. The lowest BCUT2D eigenvalue weighted by Gasteiger charge is -2.25. The first-order chi connectivity index (χ1) is 15.4. The number of ketones is 1. The first kappa shape index (κ1) is 21.0. The number of rotatable bonds is 6. The van der Waals surface area contributed by atoms with Crippen LogP contribution in [-0.2, 0) is 16.1 Å². The van der Waals surface area contributed by atoms with Crippen LogP contribution >= 0.6 is 0 Å². The van der Waals surface area contributed by atoms with Crippen LogP contribution in [0.5, 0.6) is 17.2 Å². The number of furan rings is 1. The number of aliphatic hydroxyl groups excluding tert-OH is 1. The molecule has 1 unspecified atom stereocenters. The maximum Gasteiger partial charge on any atom is 0.296 e. The number of Topliss-reactive ketones (excluding diaryl/α,β-unsaturated/α-hetero) is 1. The zero-order chi connectivity index (χ0) is 22.8. The van der Waals surface area contributed by atoms with Crippen LogP contribution in [0, 0.1) is 0 Å². The van der Waals surface area contributed by atoms with Crippen molar-refractivity contribution in [3.8, 4) is 17.2 Å². The molecule has 1 aliphatic heterocycles. The predicted molar refractivity (Wildman–Crippen MR) is 114 cm³/mol. The summed E-state index contributed by atoms with van der Waals surface area (Å²) in [7, 11) is 2.92. The number of hydrogen-bond donors (Lipinski definition) is 2. The Morgan fingerprint density at radius 3 is 2.44 bits per heavy atom. The van der Waals surface area contributed by atoms with E-state index in [1.54, 1.807) is 42.5 Å².